The molecule has 0 radical (unpaired) electrons. The van der Waals surface area contributed by atoms with E-state index in [1.54, 1.807) is 32.9 Å². The second-order valence-corrected chi connectivity index (χ2v) is 5.33. The van der Waals surface area contributed by atoms with Crippen molar-refractivity contribution in [2.45, 2.75) is 32.7 Å². The van der Waals surface area contributed by atoms with E-state index in [-0.39, 0.29) is 30.5 Å². The molecule has 1 aliphatic rings. The van der Waals surface area contributed by atoms with Crippen molar-refractivity contribution >= 4 is 17.5 Å². The van der Waals surface area contributed by atoms with Gasteiger partial charge < -0.3 is 10.2 Å². The van der Waals surface area contributed by atoms with Crippen LogP contribution < -0.4 is 10.2 Å². The lowest BCUT2D eigenvalue weighted by Crippen LogP contribution is -2.53. The maximum atomic E-state index is 14.0. The summed E-state index contributed by atoms with van der Waals surface area (Å²) >= 11 is 0. The molecule has 1 N–H and O–H groups in total. The largest absolute Gasteiger partial charge is 0.342 e. The molecule has 2 rings (SSSR count). The molecule has 5 heteroatoms. The van der Waals surface area contributed by atoms with Gasteiger partial charge in [0.25, 0.3) is 5.91 Å². The van der Waals surface area contributed by atoms with E-state index in [9.17, 15) is 14.0 Å². The molecule has 1 aromatic rings. The molecule has 0 unspecified atom stereocenters. The van der Waals surface area contributed by atoms with Crippen LogP contribution in [0.15, 0.2) is 18.2 Å². The smallest absolute Gasteiger partial charge is 0.252 e. The average Bonchev–Trinajstić information content (AvgIpc) is 2.38. The first-order valence-corrected chi connectivity index (χ1v) is 6.20. The number of rotatable bonds is 1. The summed E-state index contributed by atoms with van der Waals surface area (Å²) in [4.78, 5) is 25.3. The minimum Gasteiger partial charge on any atom is -0.342 e. The van der Waals surface area contributed by atoms with Gasteiger partial charge in [-0.15, -0.1) is 0 Å². The highest BCUT2D eigenvalue weighted by Crippen LogP contribution is 2.25. The summed E-state index contributed by atoms with van der Waals surface area (Å²) in [6.45, 7) is 5.22. The van der Waals surface area contributed by atoms with E-state index < -0.39 is 11.4 Å². The lowest BCUT2D eigenvalue weighted by molar-refractivity contribution is -0.128. The Morgan fingerprint density at radius 1 is 1.32 bits per heavy atom. The molecule has 1 saturated heterocycles. The molecule has 0 atom stereocenters. The fourth-order valence-electron chi connectivity index (χ4n) is 2.18. The number of nitrogens with one attached hydrogen (secondary N) is 1. The molecule has 1 heterocycles. The number of hydrogen-bond acceptors (Lipinski definition) is 2. The monoisotopic (exact) mass is 264 g/mol. The molecule has 1 aliphatic heterocycles. The van der Waals surface area contributed by atoms with E-state index in [2.05, 4.69) is 5.32 Å². The van der Waals surface area contributed by atoms with Crippen LogP contribution in [-0.2, 0) is 9.59 Å². The van der Waals surface area contributed by atoms with Gasteiger partial charge in [-0.05, 0) is 38.5 Å². The second kappa shape index (κ2) is 4.64. The van der Waals surface area contributed by atoms with Crippen LogP contribution in [0.3, 0.4) is 0 Å². The predicted octanol–water partition coefficient (Wildman–Crippen LogP) is 1.77. The number of nitrogens with zero attached hydrogens (tertiary/aromatic N) is 1. The molecule has 4 nitrogen and oxygen atoms in total. The number of anilines is 1. The lowest BCUT2D eigenvalue weighted by Gasteiger charge is -2.29. The van der Waals surface area contributed by atoms with Gasteiger partial charge >= 0.3 is 0 Å². The predicted molar refractivity (Wildman–Crippen MR) is 70.3 cm³/mol. The highest BCUT2D eigenvalue weighted by Gasteiger charge is 2.37. The summed E-state index contributed by atoms with van der Waals surface area (Å²) in [6, 6.07) is 4.71. The first-order chi connectivity index (χ1) is 8.81. The van der Waals surface area contributed by atoms with Gasteiger partial charge in [-0.1, -0.05) is 6.07 Å². The van der Waals surface area contributed by atoms with Crippen molar-refractivity contribution in [3.63, 3.8) is 0 Å². The Labute approximate surface area is 111 Å². The van der Waals surface area contributed by atoms with E-state index in [4.69, 9.17) is 0 Å². The Balaban J connectivity index is 2.42. The second-order valence-electron chi connectivity index (χ2n) is 5.33. The Morgan fingerprint density at radius 2 is 2.00 bits per heavy atom. The average molecular weight is 264 g/mol. The summed E-state index contributed by atoms with van der Waals surface area (Å²) in [5, 5.41) is 2.65. The van der Waals surface area contributed by atoms with Crippen LogP contribution in [0.2, 0.25) is 0 Å². The molecule has 19 heavy (non-hydrogen) atoms. The summed E-state index contributed by atoms with van der Waals surface area (Å²) in [6.07, 6.45) is 0.169. The molecular formula is C14H17FN2O2. The first-order valence-electron chi connectivity index (χ1n) is 6.20. The number of carbonyl (C=O) groups excluding carboxylic acids is 2. The highest BCUT2D eigenvalue weighted by molar-refractivity contribution is 6.03. The van der Waals surface area contributed by atoms with Crippen molar-refractivity contribution in [3.8, 4) is 0 Å². The highest BCUT2D eigenvalue weighted by atomic mass is 19.1. The maximum Gasteiger partial charge on any atom is 0.252 e. The summed E-state index contributed by atoms with van der Waals surface area (Å²) < 4.78 is 14.0. The van der Waals surface area contributed by atoms with Gasteiger partial charge in [0.2, 0.25) is 5.91 Å². The molecule has 0 bridgehead atoms. The Bertz CT molecular complexity index is 540. The van der Waals surface area contributed by atoms with Crippen molar-refractivity contribution in [1.82, 2.24) is 5.32 Å². The van der Waals surface area contributed by atoms with Gasteiger partial charge in [0.1, 0.15) is 11.4 Å². The van der Waals surface area contributed by atoms with Crippen LogP contribution in [0.25, 0.3) is 0 Å². The van der Waals surface area contributed by atoms with Gasteiger partial charge in [-0.25, -0.2) is 4.39 Å². The van der Waals surface area contributed by atoms with Gasteiger partial charge in [-0.2, -0.15) is 0 Å². The van der Waals surface area contributed by atoms with Crippen LogP contribution in [0.5, 0.6) is 0 Å². The standard InChI is InChI=1S/C14H17FN2O2/c1-9-4-5-11(10(15)8-9)17-7-6-12(18)16-14(2,3)13(17)19/h4-5,8H,6-7H2,1-3H3,(H,16,18). The number of hydrogen-bond donors (Lipinski definition) is 1. The van der Waals surface area contributed by atoms with Gasteiger partial charge in [-0.3, -0.25) is 9.59 Å². The molecule has 0 spiro atoms. The van der Waals surface area contributed by atoms with Crippen LogP contribution in [0, 0.1) is 12.7 Å². The summed E-state index contributed by atoms with van der Waals surface area (Å²) in [7, 11) is 0. The zero-order valence-corrected chi connectivity index (χ0v) is 11.3. The van der Waals surface area contributed by atoms with E-state index >= 15 is 0 Å². The number of benzene rings is 1. The van der Waals surface area contributed by atoms with E-state index in [0.717, 1.165) is 5.56 Å². The van der Waals surface area contributed by atoms with Crippen LogP contribution in [0.4, 0.5) is 10.1 Å². The van der Waals surface area contributed by atoms with Gasteiger partial charge in [0, 0.05) is 13.0 Å². The minimum atomic E-state index is -1.02. The van der Waals surface area contributed by atoms with E-state index in [1.165, 1.54) is 11.0 Å². The van der Waals surface area contributed by atoms with Gasteiger partial charge in [0.05, 0.1) is 5.69 Å². The van der Waals surface area contributed by atoms with Crippen molar-refractivity contribution < 1.29 is 14.0 Å². The number of carbonyl (C=O) groups is 2. The van der Waals surface area contributed by atoms with Crippen molar-refractivity contribution in [2.75, 3.05) is 11.4 Å². The summed E-state index contributed by atoms with van der Waals surface area (Å²) in [5.74, 6) is -0.951. The quantitative estimate of drug-likeness (QED) is 0.840. The van der Waals surface area contributed by atoms with E-state index in [0.29, 0.717) is 0 Å². The minimum absolute atomic E-state index is 0.169. The third-order valence-corrected chi connectivity index (χ3v) is 3.19. The Morgan fingerprint density at radius 3 is 2.63 bits per heavy atom. The normalized spacial score (nSPS) is 19.1. The first kappa shape index (κ1) is 13.5. The third-order valence-electron chi connectivity index (χ3n) is 3.19. The molecule has 0 aromatic heterocycles. The number of halogens is 1. The number of aryl methyl sites for hydroxylation is 1. The maximum absolute atomic E-state index is 14.0. The van der Waals surface area contributed by atoms with Crippen LogP contribution in [-0.4, -0.2) is 23.9 Å². The molecular weight excluding hydrogens is 247 g/mol. The molecule has 0 saturated carbocycles. The van der Waals surface area contributed by atoms with Crippen LogP contribution >= 0.6 is 0 Å². The number of amides is 2. The zero-order valence-electron chi connectivity index (χ0n) is 11.3. The fourth-order valence-corrected chi connectivity index (χ4v) is 2.18. The van der Waals surface area contributed by atoms with Crippen LogP contribution in [0.1, 0.15) is 25.8 Å². The van der Waals surface area contributed by atoms with Crippen molar-refractivity contribution in [2.24, 2.45) is 0 Å². The Hall–Kier alpha value is -1.91. The Kier molecular flexibility index (Phi) is 3.30. The summed E-state index contributed by atoms with van der Waals surface area (Å²) in [5.41, 5.74) is -0.0117. The lowest BCUT2D eigenvalue weighted by atomic mass is 10.0. The van der Waals surface area contributed by atoms with Crippen molar-refractivity contribution in [3.05, 3.63) is 29.6 Å². The molecule has 102 valence electrons. The molecule has 1 fully saturated rings. The van der Waals surface area contributed by atoms with Crippen molar-refractivity contribution in [1.29, 1.82) is 0 Å². The SMILES string of the molecule is Cc1ccc(N2CCC(=O)NC(C)(C)C2=O)c(F)c1. The molecule has 1 aromatic carbocycles. The van der Waals surface area contributed by atoms with E-state index in [1.807, 2.05) is 0 Å². The zero-order chi connectivity index (χ0) is 14.2. The fraction of sp³-hybridized carbons (Fsp3) is 0.429. The van der Waals surface area contributed by atoms with Gasteiger partial charge in [0.15, 0.2) is 0 Å². The third kappa shape index (κ3) is 2.59. The molecule has 2 amide bonds. The topological polar surface area (TPSA) is 49.4 Å². The molecule has 0 aliphatic carbocycles.